The fourth-order valence-electron chi connectivity index (χ4n) is 3.30. The summed E-state index contributed by atoms with van der Waals surface area (Å²) in [6.45, 7) is 0.297. The van der Waals surface area contributed by atoms with Crippen molar-refractivity contribution in [2.45, 2.75) is 25.4 Å². The van der Waals surface area contributed by atoms with Gasteiger partial charge in [-0.25, -0.2) is 9.18 Å². The van der Waals surface area contributed by atoms with Gasteiger partial charge < -0.3 is 25.7 Å². The summed E-state index contributed by atoms with van der Waals surface area (Å²) < 4.78 is 58.6. The van der Waals surface area contributed by atoms with Crippen molar-refractivity contribution >= 4 is 23.4 Å². The molecule has 0 saturated carbocycles. The van der Waals surface area contributed by atoms with Crippen LogP contribution in [-0.2, 0) is 22.1 Å². The van der Waals surface area contributed by atoms with Gasteiger partial charge in [0.05, 0.1) is 24.8 Å². The molecule has 0 aliphatic heterocycles. The maximum Gasteiger partial charge on any atom is 0.426 e. The van der Waals surface area contributed by atoms with Crippen molar-refractivity contribution < 1.29 is 32.2 Å². The lowest BCUT2D eigenvalue weighted by molar-refractivity contribution is -0.187. The molecule has 198 valence electrons. The second kappa shape index (κ2) is 13.1. The minimum atomic E-state index is -3.82. The molecule has 0 bridgehead atoms. The van der Waals surface area contributed by atoms with Gasteiger partial charge in [0.25, 0.3) is 0 Å². The molecule has 0 radical (unpaired) electrons. The SMILES string of the molecule is N#CCCCOc1ccc(OC(F)(F)c2ccc(/C=C/C(=O)OCCc3ccc(N)cc3N)cc2)c(F)c1. The van der Waals surface area contributed by atoms with Crippen molar-refractivity contribution in [1.82, 2.24) is 0 Å². The molecular formula is C28H26F3N3O4. The molecule has 0 aliphatic rings. The molecule has 0 atom stereocenters. The Labute approximate surface area is 218 Å². The first-order valence-electron chi connectivity index (χ1n) is 11.6. The lowest BCUT2D eigenvalue weighted by Gasteiger charge is -2.19. The number of carbonyl (C=O) groups excluding carboxylic acids is 1. The molecule has 0 heterocycles. The van der Waals surface area contributed by atoms with E-state index < -0.39 is 29.2 Å². The normalized spacial score (nSPS) is 11.2. The predicted molar refractivity (Wildman–Crippen MR) is 137 cm³/mol. The second-order valence-electron chi connectivity index (χ2n) is 8.15. The smallest absolute Gasteiger partial charge is 0.426 e. The quantitative estimate of drug-likeness (QED) is 0.137. The lowest BCUT2D eigenvalue weighted by Crippen LogP contribution is -2.22. The molecule has 0 aliphatic carbocycles. The Morgan fingerprint density at radius 1 is 1.03 bits per heavy atom. The first kappa shape index (κ1) is 27.9. The first-order valence-corrected chi connectivity index (χ1v) is 11.6. The maximum absolute atomic E-state index is 14.6. The van der Waals surface area contributed by atoms with E-state index in [1.165, 1.54) is 30.4 Å². The molecule has 0 spiro atoms. The summed E-state index contributed by atoms with van der Waals surface area (Å²) >= 11 is 0. The number of rotatable bonds is 12. The van der Waals surface area contributed by atoms with Gasteiger partial charge in [-0.2, -0.15) is 14.0 Å². The Morgan fingerprint density at radius 3 is 2.47 bits per heavy atom. The highest BCUT2D eigenvalue weighted by Gasteiger charge is 2.35. The summed E-state index contributed by atoms with van der Waals surface area (Å²) in [5.41, 5.74) is 13.3. The molecule has 7 nitrogen and oxygen atoms in total. The molecule has 0 aromatic heterocycles. The van der Waals surface area contributed by atoms with Crippen molar-refractivity contribution in [3.8, 4) is 17.6 Å². The standard InChI is InChI=1S/C28H26F3N3O4/c29-24-18-23(36-15-2-1-14-32)10-11-26(24)38-28(30,31)21-7-3-19(4-8-21)5-12-27(35)37-16-13-20-6-9-22(33)17-25(20)34/h3-12,17-18H,1-2,13,15-16,33-34H2/b12-5+. The zero-order valence-corrected chi connectivity index (χ0v) is 20.3. The molecule has 10 heteroatoms. The van der Waals surface area contributed by atoms with Crippen LogP contribution in [0.1, 0.15) is 29.5 Å². The third-order valence-electron chi connectivity index (χ3n) is 5.29. The molecule has 0 amide bonds. The van der Waals surface area contributed by atoms with E-state index in [2.05, 4.69) is 4.74 Å². The Kier molecular flexibility index (Phi) is 9.60. The van der Waals surface area contributed by atoms with E-state index in [1.807, 2.05) is 6.07 Å². The molecular weight excluding hydrogens is 499 g/mol. The van der Waals surface area contributed by atoms with Crippen LogP contribution >= 0.6 is 0 Å². The maximum atomic E-state index is 14.6. The van der Waals surface area contributed by atoms with Gasteiger partial charge in [0.1, 0.15) is 5.75 Å². The van der Waals surface area contributed by atoms with E-state index in [1.54, 1.807) is 18.2 Å². The minimum absolute atomic E-state index is 0.102. The number of nitrogens with two attached hydrogens (primary N) is 2. The topological polar surface area (TPSA) is 121 Å². The van der Waals surface area contributed by atoms with Gasteiger partial charge in [0.15, 0.2) is 11.6 Å². The van der Waals surface area contributed by atoms with Crippen molar-refractivity contribution in [1.29, 1.82) is 5.26 Å². The molecule has 0 fully saturated rings. The number of anilines is 2. The Morgan fingerprint density at radius 2 is 1.79 bits per heavy atom. The van der Waals surface area contributed by atoms with Gasteiger partial charge in [0, 0.05) is 36.4 Å². The summed E-state index contributed by atoms with van der Waals surface area (Å²) in [7, 11) is 0. The van der Waals surface area contributed by atoms with Crippen molar-refractivity contribution in [3.05, 3.63) is 89.2 Å². The molecule has 0 unspecified atom stereocenters. The number of hydrogen-bond donors (Lipinski definition) is 2. The number of unbranched alkanes of at least 4 members (excludes halogenated alkanes) is 1. The minimum Gasteiger partial charge on any atom is -0.493 e. The molecule has 3 aromatic rings. The second-order valence-corrected chi connectivity index (χ2v) is 8.15. The fraction of sp³-hybridized carbons (Fsp3) is 0.214. The van der Waals surface area contributed by atoms with E-state index in [-0.39, 0.29) is 25.4 Å². The van der Waals surface area contributed by atoms with Gasteiger partial charge in [0.2, 0.25) is 0 Å². The van der Waals surface area contributed by atoms with Gasteiger partial charge in [-0.1, -0.05) is 18.2 Å². The predicted octanol–water partition coefficient (Wildman–Crippen LogP) is 5.60. The summed E-state index contributed by atoms with van der Waals surface area (Å²) in [4.78, 5) is 12.0. The van der Waals surface area contributed by atoms with Crippen LogP contribution in [-0.4, -0.2) is 19.2 Å². The van der Waals surface area contributed by atoms with Crippen LogP contribution in [0.2, 0.25) is 0 Å². The molecule has 0 saturated heterocycles. The largest absolute Gasteiger partial charge is 0.493 e. The molecule has 3 aromatic carbocycles. The zero-order valence-electron chi connectivity index (χ0n) is 20.3. The van der Waals surface area contributed by atoms with Gasteiger partial charge in [-0.15, -0.1) is 0 Å². The molecule has 3 rings (SSSR count). The van der Waals surface area contributed by atoms with E-state index in [4.69, 9.17) is 26.2 Å². The van der Waals surface area contributed by atoms with Crippen LogP contribution < -0.4 is 20.9 Å². The highest BCUT2D eigenvalue weighted by atomic mass is 19.3. The van der Waals surface area contributed by atoms with E-state index in [0.29, 0.717) is 29.8 Å². The van der Waals surface area contributed by atoms with Crippen LogP contribution in [0.25, 0.3) is 6.08 Å². The van der Waals surface area contributed by atoms with Gasteiger partial charge >= 0.3 is 12.1 Å². The number of nitrogens with zero attached hydrogens (tertiary/aromatic N) is 1. The Balaban J connectivity index is 1.52. The van der Waals surface area contributed by atoms with Gasteiger partial charge in [-0.05, 0) is 60.0 Å². The summed E-state index contributed by atoms with van der Waals surface area (Å²) in [5, 5.41) is 8.50. The Bertz CT molecular complexity index is 1320. The molecule has 4 N–H and O–H groups in total. The number of esters is 1. The van der Waals surface area contributed by atoms with Crippen LogP contribution in [0, 0.1) is 17.1 Å². The third kappa shape index (κ3) is 8.20. The monoisotopic (exact) mass is 525 g/mol. The Hall–Kier alpha value is -4.65. The number of hydrogen-bond acceptors (Lipinski definition) is 7. The summed E-state index contributed by atoms with van der Waals surface area (Å²) in [5.74, 6) is -2.13. The zero-order chi connectivity index (χ0) is 27.5. The number of nitrogen functional groups attached to an aromatic ring is 2. The highest BCUT2D eigenvalue weighted by Crippen LogP contribution is 2.34. The fourth-order valence-corrected chi connectivity index (χ4v) is 3.30. The van der Waals surface area contributed by atoms with E-state index in [9.17, 15) is 18.0 Å². The highest BCUT2D eigenvalue weighted by molar-refractivity contribution is 5.87. The van der Waals surface area contributed by atoms with Crippen molar-refractivity contribution in [2.75, 3.05) is 24.7 Å². The number of nitriles is 1. The number of benzene rings is 3. The summed E-state index contributed by atoms with van der Waals surface area (Å²) in [6, 6.07) is 15.3. The average molecular weight is 526 g/mol. The summed E-state index contributed by atoms with van der Waals surface area (Å²) in [6.07, 6.45) is -0.0704. The number of carbonyl (C=O) groups is 1. The van der Waals surface area contributed by atoms with E-state index in [0.717, 1.165) is 29.8 Å². The molecule has 38 heavy (non-hydrogen) atoms. The van der Waals surface area contributed by atoms with Crippen LogP contribution in [0.5, 0.6) is 11.5 Å². The van der Waals surface area contributed by atoms with Gasteiger partial charge in [-0.3, -0.25) is 0 Å². The van der Waals surface area contributed by atoms with Crippen molar-refractivity contribution in [3.63, 3.8) is 0 Å². The van der Waals surface area contributed by atoms with Crippen molar-refractivity contribution in [2.24, 2.45) is 0 Å². The number of ether oxygens (including phenoxy) is 3. The van der Waals surface area contributed by atoms with E-state index >= 15 is 0 Å². The van der Waals surface area contributed by atoms with Crippen LogP contribution in [0.3, 0.4) is 0 Å². The number of halogens is 3. The van der Waals surface area contributed by atoms with Crippen LogP contribution in [0.4, 0.5) is 24.5 Å². The van der Waals surface area contributed by atoms with Crippen LogP contribution in [0.15, 0.2) is 66.7 Å². The number of alkyl halides is 2. The average Bonchev–Trinajstić information content (AvgIpc) is 2.88. The lowest BCUT2D eigenvalue weighted by atomic mass is 10.1. The first-order chi connectivity index (χ1) is 18.2. The third-order valence-corrected chi connectivity index (χ3v) is 5.29.